The van der Waals surface area contributed by atoms with E-state index in [1.54, 1.807) is 36.5 Å². The van der Waals surface area contributed by atoms with Crippen molar-refractivity contribution in [1.82, 2.24) is 47.5 Å². The van der Waals surface area contributed by atoms with Crippen LogP contribution in [0.25, 0.3) is 10.9 Å². The van der Waals surface area contributed by atoms with E-state index >= 15 is 0 Å². The normalized spacial score (nSPS) is 21.1. The molecule has 1 aliphatic rings. The SMILES string of the molecule is CC(=O)NCC(=O)NC1CC(=O)NCCCCC(C(N)=O)NC(=O)[C@H](Cc2c[nH]c3ccccc23)NC(=O)[C@H](CCCN=C(N)N)NC(=O)C(Cc2ccccc2)NC(=O)[C@H](CCCN=C(N)N)NC1=O. The minimum Gasteiger partial charge on any atom is -0.370 e. The van der Waals surface area contributed by atoms with Gasteiger partial charge in [-0.1, -0.05) is 48.5 Å². The zero-order chi connectivity index (χ0) is 51.9. The van der Waals surface area contributed by atoms with Gasteiger partial charge >= 0.3 is 0 Å². The fourth-order valence-corrected chi connectivity index (χ4v) is 7.60. The van der Waals surface area contributed by atoms with E-state index in [0.717, 1.165) is 10.9 Å². The quantitative estimate of drug-likeness (QED) is 0.0374. The number of carbonyl (C=O) groups excluding carboxylic acids is 9. The summed E-state index contributed by atoms with van der Waals surface area (Å²) in [7, 11) is 0. The average Bonchev–Trinajstić information content (AvgIpc) is 3.73. The molecule has 1 aliphatic heterocycles. The number of hydrogen-bond acceptors (Lipinski definition) is 11. The number of benzene rings is 2. The first kappa shape index (κ1) is 55.3. The Labute approximate surface area is 409 Å². The highest BCUT2D eigenvalue weighted by Gasteiger charge is 2.34. The van der Waals surface area contributed by atoms with Crippen LogP contribution in [0.2, 0.25) is 0 Å². The first-order chi connectivity index (χ1) is 33.9. The van der Waals surface area contributed by atoms with Crippen LogP contribution in [-0.4, -0.2) is 132 Å². The third kappa shape index (κ3) is 19.3. The molecule has 1 fully saturated rings. The number of nitrogens with zero attached hydrogens (tertiary/aromatic N) is 2. The van der Waals surface area contributed by atoms with Crippen molar-refractivity contribution in [2.75, 3.05) is 26.2 Å². The summed E-state index contributed by atoms with van der Waals surface area (Å²) in [5.41, 5.74) is 29.9. The van der Waals surface area contributed by atoms with Crippen LogP contribution in [0.5, 0.6) is 0 Å². The summed E-state index contributed by atoms with van der Waals surface area (Å²) in [5, 5.41) is 21.7. The van der Waals surface area contributed by atoms with Crippen molar-refractivity contribution in [3.8, 4) is 0 Å². The molecule has 384 valence electrons. The van der Waals surface area contributed by atoms with Gasteiger partial charge < -0.3 is 76.2 Å². The van der Waals surface area contributed by atoms with Gasteiger partial charge in [0.25, 0.3) is 0 Å². The van der Waals surface area contributed by atoms with Gasteiger partial charge in [-0.2, -0.15) is 0 Å². The molecule has 9 amide bonds. The number of aromatic nitrogens is 1. The Morgan fingerprint density at radius 1 is 0.662 bits per heavy atom. The lowest BCUT2D eigenvalue weighted by Gasteiger charge is -2.27. The van der Waals surface area contributed by atoms with Gasteiger partial charge in [-0.15, -0.1) is 0 Å². The van der Waals surface area contributed by atoms with Crippen LogP contribution in [0, 0.1) is 0 Å². The van der Waals surface area contributed by atoms with Gasteiger partial charge in [-0.25, -0.2) is 0 Å². The maximum absolute atomic E-state index is 14.6. The molecule has 71 heavy (non-hydrogen) atoms. The van der Waals surface area contributed by atoms with Crippen LogP contribution in [0.4, 0.5) is 0 Å². The Bertz CT molecular complexity index is 2400. The number of nitrogens with two attached hydrogens (primary N) is 5. The van der Waals surface area contributed by atoms with Crippen LogP contribution >= 0.6 is 0 Å². The molecule has 0 radical (unpaired) electrons. The van der Waals surface area contributed by atoms with E-state index in [2.05, 4.69) is 57.5 Å². The van der Waals surface area contributed by atoms with Crippen molar-refractivity contribution < 1.29 is 43.2 Å². The molecule has 1 aromatic heterocycles. The number of hydrogen-bond donors (Lipinski definition) is 14. The van der Waals surface area contributed by atoms with Gasteiger partial charge in [0.2, 0.25) is 53.2 Å². The summed E-state index contributed by atoms with van der Waals surface area (Å²) in [6.07, 6.45) is 1.61. The van der Waals surface area contributed by atoms with Crippen molar-refractivity contribution in [2.45, 2.75) is 107 Å². The zero-order valence-corrected chi connectivity index (χ0v) is 39.6. The topological polar surface area (TPSA) is 420 Å². The molecule has 0 saturated carbocycles. The Morgan fingerprint density at radius 3 is 1.82 bits per heavy atom. The van der Waals surface area contributed by atoms with Gasteiger partial charge in [-0.3, -0.25) is 53.1 Å². The minimum atomic E-state index is -1.57. The van der Waals surface area contributed by atoms with E-state index in [4.69, 9.17) is 28.7 Å². The van der Waals surface area contributed by atoms with Crippen LogP contribution in [-0.2, 0) is 56.0 Å². The van der Waals surface area contributed by atoms with E-state index in [0.29, 0.717) is 11.1 Å². The van der Waals surface area contributed by atoms with Crippen molar-refractivity contribution in [1.29, 1.82) is 0 Å². The highest BCUT2D eigenvalue weighted by molar-refractivity contribution is 5.98. The standard InChI is InChI=1S/C46H66N16O9/c1-26(63)55-25-38(65)57-36-23-37(64)52-18-8-7-15-31(39(47)66)58-43(70)35(22-28-24-56-30-14-6-5-13-29(28)30)62-41(68)33(17-10-20-54-46(50)51)59-42(69)34(21-27-11-3-2-4-12-27)61-40(67)32(60-44(36)71)16-9-19-53-45(48)49/h2-6,11-14,24,31-36,56H,7-10,15-23,25H2,1H3,(H2,47,66)(H,52,64)(H,55,63)(H,57,65)(H,58,70)(H,59,69)(H,60,71)(H,61,67)(H,62,68)(H4,48,49,53)(H4,50,51,54)/t31?,32-,33-,34?,35-,36?/m0/s1. The molecule has 6 atom stereocenters. The molecular formula is C46H66N16O9. The predicted molar refractivity (Wildman–Crippen MR) is 263 cm³/mol. The van der Waals surface area contributed by atoms with Gasteiger partial charge in [0.15, 0.2) is 11.9 Å². The third-order valence-corrected chi connectivity index (χ3v) is 11.2. The summed E-state index contributed by atoms with van der Waals surface area (Å²) < 4.78 is 0. The summed E-state index contributed by atoms with van der Waals surface area (Å²) >= 11 is 0. The molecule has 25 heteroatoms. The van der Waals surface area contributed by atoms with Gasteiger partial charge in [0, 0.05) is 56.5 Å². The van der Waals surface area contributed by atoms with Crippen molar-refractivity contribution in [2.24, 2.45) is 38.7 Å². The molecule has 3 unspecified atom stereocenters. The van der Waals surface area contributed by atoms with Gasteiger partial charge in [-0.05, 0) is 62.1 Å². The molecule has 2 aromatic carbocycles. The highest BCUT2D eigenvalue weighted by Crippen LogP contribution is 2.20. The second-order valence-electron chi connectivity index (χ2n) is 16.9. The van der Waals surface area contributed by atoms with E-state index in [-0.39, 0.29) is 89.3 Å². The number of guanidine groups is 2. The predicted octanol–water partition coefficient (Wildman–Crippen LogP) is -3.72. The second-order valence-corrected chi connectivity index (χ2v) is 16.9. The summed E-state index contributed by atoms with van der Waals surface area (Å²) in [6, 6.07) is 7.65. The number of primary amides is 1. The van der Waals surface area contributed by atoms with Gasteiger partial charge in [0.05, 0.1) is 13.0 Å². The minimum absolute atomic E-state index is 0.0331. The summed E-state index contributed by atoms with van der Waals surface area (Å²) in [5.74, 6) is -7.53. The van der Waals surface area contributed by atoms with E-state index in [1.165, 1.54) is 6.92 Å². The van der Waals surface area contributed by atoms with Crippen LogP contribution in [0.3, 0.4) is 0 Å². The van der Waals surface area contributed by atoms with Crippen LogP contribution < -0.4 is 71.2 Å². The molecule has 0 aliphatic carbocycles. The van der Waals surface area contributed by atoms with Crippen molar-refractivity contribution in [3.05, 3.63) is 71.9 Å². The fourth-order valence-electron chi connectivity index (χ4n) is 7.60. The number of amides is 9. The molecule has 4 rings (SSSR count). The maximum atomic E-state index is 14.6. The molecule has 1 saturated heterocycles. The second kappa shape index (κ2) is 28.3. The van der Waals surface area contributed by atoms with Crippen LogP contribution in [0.1, 0.15) is 69.4 Å². The number of fused-ring (bicyclic) bond motifs is 1. The lowest BCUT2D eigenvalue weighted by Crippen LogP contribution is -2.60. The number of H-pyrrole nitrogens is 1. The molecule has 25 nitrogen and oxygen atoms in total. The summed E-state index contributed by atoms with van der Waals surface area (Å²) in [4.78, 5) is 133. The molecule has 0 bridgehead atoms. The average molecular weight is 987 g/mol. The smallest absolute Gasteiger partial charge is 0.243 e. The van der Waals surface area contributed by atoms with Gasteiger partial charge in [0.1, 0.15) is 36.3 Å². The largest absolute Gasteiger partial charge is 0.370 e. The number of aromatic amines is 1. The number of para-hydroxylation sites is 1. The number of aliphatic imine (C=N–C) groups is 2. The number of carbonyl (C=O) groups is 9. The molecule has 3 aromatic rings. The Balaban J connectivity index is 1.78. The highest BCUT2D eigenvalue weighted by atomic mass is 16.2. The monoisotopic (exact) mass is 987 g/mol. The lowest BCUT2D eigenvalue weighted by atomic mass is 10.0. The molecule has 2 heterocycles. The fraction of sp³-hybridized carbons (Fsp3) is 0.457. The zero-order valence-electron chi connectivity index (χ0n) is 39.6. The van der Waals surface area contributed by atoms with Crippen molar-refractivity contribution in [3.63, 3.8) is 0 Å². The maximum Gasteiger partial charge on any atom is 0.243 e. The van der Waals surface area contributed by atoms with Crippen molar-refractivity contribution >= 4 is 76.0 Å². The Kier molecular flexibility index (Phi) is 22.1. The first-order valence-electron chi connectivity index (χ1n) is 23.2. The first-order valence-corrected chi connectivity index (χ1v) is 23.2. The Hall–Kier alpha value is -8.25. The van der Waals surface area contributed by atoms with Crippen LogP contribution in [0.15, 0.2) is 70.8 Å². The number of rotatable bonds is 16. The van der Waals surface area contributed by atoms with E-state index in [1.807, 2.05) is 24.3 Å². The third-order valence-electron chi connectivity index (χ3n) is 11.2. The molecule has 19 N–H and O–H groups in total. The summed E-state index contributed by atoms with van der Waals surface area (Å²) in [6.45, 7) is 0.778. The lowest BCUT2D eigenvalue weighted by molar-refractivity contribution is -0.136. The molecular weight excluding hydrogens is 921 g/mol. The molecule has 0 spiro atoms. The van der Waals surface area contributed by atoms with E-state index in [9.17, 15) is 43.2 Å². The number of nitrogens with one attached hydrogen (secondary N) is 9. The van der Waals surface area contributed by atoms with E-state index < -0.39 is 102 Å². The Morgan fingerprint density at radius 2 is 1.21 bits per heavy atom.